The molecule has 0 saturated heterocycles. The molecule has 1 aliphatic carbocycles. The normalized spacial score (nSPS) is 16.0. The number of halogens is 2. The molecule has 0 atom stereocenters. The van der Waals surface area contributed by atoms with E-state index in [9.17, 15) is 13.6 Å². The van der Waals surface area contributed by atoms with Gasteiger partial charge < -0.3 is 10.0 Å². The van der Waals surface area contributed by atoms with Gasteiger partial charge in [-0.3, -0.25) is 4.79 Å². The Balaban J connectivity index is 2.07. The van der Waals surface area contributed by atoms with Gasteiger partial charge in [0.05, 0.1) is 13.0 Å². The first-order chi connectivity index (χ1) is 10.1. The van der Waals surface area contributed by atoms with Crippen LogP contribution in [0.5, 0.6) is 0 Å². The van der Waals surface area contributed by atoms with E-state index in [-0.39, 0.29) is 37.1 Å². The van der Waals surface area contributed by atoms with E-state index in [1.807, 2.05) is 0 Å². The van der Waals surface area contributed by atoms with Crippen LogP contribution in [-0.4, -0.2) is 35.1 Å². The van der Waals surface area contributed by atoms with E-state index in [2.05, 4.69) is 0 Å². The summed E-state index contributed by atoms with van der Waals surface area (Å²) >= 11 is 0. The maximum Gasteiger partial charge on any atom is 0.227 e. The standard InChI is InChI=1S/C16H21F2NO2/c17-13-7-6-12(15(18)11-13)10-16(21)19(8-9-20)14-4-2-1-3-5-14/h6-7,11,14,20H,1-5,8-10H2. The third kappa shape index (κ3) is 4.24. The van der Waals surface area contributed by atoms with Gasteiger partial charge in [0.25, 0.3) is 0 Å². The van der Waals surface area contributed by atoms with Crippen LogP contribution in [0.4, 0.5) is 8.78 Å². The largest absolute Gasteiger partial charge is 0.395 e. The molecule has 1 fully saturated rings. The Bertz CT molecular complexity index is 487. The van der Waals surface area contributed by atoms with Gasteiger partial charge in [0, 0.05) is 18.7 Å². The number of carbonyl (C=O) groups is 1. The zero-order chi connectivity index (χ0) is 15.2. The maximum atomic E-state index is 13.6. The highest BCUT2D eigenvalue weighted by atomic mass is 19.1. The summed E-state index contributed by atoms with van der Waals surface area (Å²) in [6.45, 7) is 0.167. The number of rotatable bonds is 5. The van der Waals surface area contributed by atoms with Gasteiger partial charge in [-0.1, -0.05) is 25.3 Å². The molecule has 0 aliphatic heterocycles. The second-order valence-corrected chi connectivity index (χ2v) is 5.52. The number of aliphatic hydroxyl groups excluding tert-OH is 1. The number of benzene rings is 1. The van der Waals surface area contributed by atoms with Gasteiger partial charge in [0.1, 0.15) is 11.6 Å². The highest BCUT2D eigenvalue weighted by Crippen LogP contribution is 2.23. The van der Waals surface area contributed by atoms with Crippen molar-refractivity contribution >= 4 is 5.91 Å². The van der Waals surface area contributed by atoms with Crippen molar-refractivity contribution < 1.29 is 18.7 Å². The highest BCUT2D eigenvalue weighted by molar-refractivity contribution is 5.79. The SMILES string of the molecule is O=C(Cc1ccc(F)cc1F)N(CCO)C1CCCCC1. The van der Waals surface area contributed by atoms with Crippen LogP contribution in [0, 0.1) is 11.6 Å². The van der Waals surface area contributed by atoms with Crippen LogP contribution in [0.1, 0.15) is 37.7 Å². The zero-order valence-corrected chi connectivity index (χ0v) is 12.0. The third-order valence-corrected chi connectivity index (χ3v) is 4.03. The summed E-state index contributed by atoms with van der Waals surface area (Å²) in [5, 5.41) is 9.16. The molecule has 1 amide bonds. The van der Waals surface area contributed by atoms with Crippen molar-refractivity contribution in [3.8, 4) is 0 Å². The van der Waals surface area contributed by atoms with E-state index >= 15 is 0 Å². The molecular weight excluding hydrogens is 276 g/mol. The van der Waals surface area contributed by atoms with Crippen molar-refractivity contribution in [2.45, 2.75) is 44.6 Å². The van der Waals surface area contributed by atoms with Crippen molar-refractivity contribution in [3.63, 3.8) is 0 Å². The van der Waals surface area contributed by atoms with Crippen molar-refractivity contribution in [2.24, 2.45) is 0 Å². The molecule has 0 heterocycles. The number of aliphatic hydroxyl groups is 1. The smallest absolute Gasteiger partial charge is 0.227 e. The average molecular weight is 297 g/mol. The lowest BCUT2D eigenvalue weighted by Crippen LogP contribution is -2.44. The fourth-order valence-corrected chi connectivity index (χ4v) is 2.94. The van der Waals surface area contributed by atoms with Crippen LogP contribution in [0.15, 0.2) is 18.2 Å². The highest BCUT2D eigenvalue weighted by Gasteiger charge is 2.25. The number of amides is 1. The van der Waals surface area contributed by atoms with Gasteiger partial charge in [-0.05, 0) is 24.5 Å². The van der Waals surface area contributed by atoms with Crippen molar-refractivity contribution in [1.29, 1.82) is 0 Å². The fourth-order valence-electron chi connectivity index (χ4n) is 2.94. The summed E-state index contributed by atoms with van der Waals surface area (Å²) in [7, 11) is 0. The second kappa shape index (κ2) is 7.50. The predicted molar refractivity (Wildman–Crippen MR) is 75.7 cm³/mol. The monoisotopic (exact) mass is 297 g/mol. The van der Waals surface area contributed by atoms with Crippen LogP contribution >= 0.6 is 0 Å². The van der Waals surface area contributed by atoms with E-state index in [0.29, 0.717) is 0 Å². The van der Waals surface area contributed by atoms with Gasteiger partial charge in [0.15, 0.2) is 0 Å². The van der Waals surface area contributed by atoms with Gasteiger partial charge in [-0.25, -0.2) is 8.78 Å². The molecule has 0 unspecified atom stereocenters. The Labute approximate surface area is 123 Å². The Kier molecular flexibility index (Phi) is 5.67. The molecule has 0 aromatic heterocycles. The van der Waals surface area contributed by atoms with E-state index in [4.69, 9.17) is 5.11 Å². The number of nitrogens with zero attached hydrogens (tertiary/aromatic N) is 1. The van der Waals surface area contributed by atoms with Gasteiger partial charge >= 0.3 is 0 Å². The first-order valence-electron chi connectivity index (χ1n) is 7.46. The Hall–Kier alpha value is -1.49. The molecule has 5 heteroatoms. The summed E-state index contributed by atoms with van der Waals surface area (Å²) in [6.07, 6.45) is 5.08. The number of hydrogen-bond acceptors (Lipinski definition) is 2. The average Bonchev–Trinajstić information content (AvgIpc) is 2.48. The van der Waals surface area contributed by atoms with E-state index in [1.54, 1.807) is 4.90 Å². The van der Waals surface area contributed by atoms with Gasteiger partial charge in [0.2, 0.25) is 5.91 Å². The molecule has 116 valence electrons. The third-order valence-electron chi connectivity index (χ3n) is 4.03. The summed E-state index contributed by atoms with van der Waals surface area (Å²) in [5.41, 5.74) is 0.195. The topological polar surface area (TPSA) is 40.5 Å². The molecule has 3 nitrogen and oxygen atoms in total. The Morgan fingerprint density at radius 2 is 1.95 bits per heavy atom. The van der Waals surface area contributed by atoms with Crippen molar-refractivity contribution in [3.05, 3.63) is 35.4 Å². The minimum Gasteiger partial charge on any atom is -0.395 e. The van der Waals surface area contributed by atoms with Crippen LogP contribution in [0.25, 0.3) is 0 Å². The summed E-state index contributed by atoms with van der Waals surface area (Å²) in [6, 6.07) is 3.38. The molecule has 1 N–H and O–H groups in total. The van der Waals surface area contributed by atoms with Crippen LogP contribution < -0.4 is 0 Å². The first kappa shape index (κ1) is 15.9. The Morgan fingerprint density at radius 3 is 2.57 bits per heavy atom. The minimum absolute atomic E-state index is 0.0946. The van der Waals surface area contributed by atoms with Gasteiger partial charge in [-0.2, -0.15) is 0 Å². The quantitative estimate of drug-likeness (QED) is 0.907. The second-order valence-electron chi connectivity index (χ2n) is 5.52. The number of hydrogen-bond donors (Lipinski definition) is 1. The van der Waals surface area contributed by atoms with Crippen LogP contribution in [-0.2, 0) is 11.2 Å². The van der Waals surface area contributed by atoms with Crippen molar-refractivity contribution in [2.75, 3.05) is 13.2 Å². The zero-order valence-electron chi connectivity index (χ0n) is 12.0. The lowest BCUT2D eigenvalue weighted by atomic mass is 9.93. The van der Waals surface area contributed by atoms with E-state index < -0.39 is 11.6 Å². The summed E-state index contributed by atoms with van der Waals surface area (Å²) < 4.78 is 26.5. The van der Waals surface area contributed by atoms with Crippen LogP contribution in [0.2, 0.25) is 0 Å². The molecule has 21 heavy (non-hydrogen) atoms. The van der Waals surface area contributed by atoms with Crippen molar-refractivity contribution in [1.82, 2.24) is 4.90 Å². The summed E-state index contributed by atoms with van der Waals surface area (Å²) in [5.74, 6) is -1.56. The lowest BCUT2D eigenvalue weighted by Gasteiger charge is -2.34. The molecule has 2 rings (SSSR count). The minimum atomic E-state index is -0.698. The molecule has 0 bridgehead atoms. The first-order valence-corrected chi connectivity index (χ1v) is 7.46. The molecule has 0 spiro atoms. The van der Waals surface area contributed by atoms with E-state index in [1.165, 1.54) is 12.5 Å². The lowest BCUT2D eigenvalue weighted by molar-refractivity contribution is -0.134. The maximum absolute atomic E-state index is 13.6. The summed E-state index contributed by atoms with van der Waals surface area (Å²) in [4.78, 5) is 14.0. The van der Waals surface area contributed by atoms with Crippen LogP contribution in [0.3, 0.4) is 0 Å². The molecule has 0 radical (unpaired) electrons. The molecular formula is C16H21F2NO2. The predicted octanol–water partition coefficient (Wildman–Crippen LogP) is 2.66. The Morgan fingerprint density at radius 1 is 1.24 bits per heavy atom. The molecule has 1 aromatic rings. The molecule has 1 saturated carbocycles. The molecule has 1 aromatic carbocycles. The number of carbonyl (C=O) groups excluding carboxylic acids is 1. The van der Waals surface area contributed by atoms with E-state index in [0.717, 1.165) is 37.8 Å². The molecule has 1 aliphatic rings. The van der Waals surface area contributed by atoms with Gasteiger partial charge in [-0.15, -0.1) is 0 Å². The fraction of sp³-hybridized carbons (Fsp3) is 0.562.